The Morgan fingerprint density at radius 1 is 0.975 bits per heavy atom. The van der Waals surface area contributed by atoms with Crippen molar-refractivity contribution in [2.75, 3.05) is 18.8 Å². The number of carbonyl (C=O) groups is 2. The SMILES string of the molecule is O=C(NC1C[C@H]2CC[C@@H](C1)N2S(=O)(=O)CC1CCN(C(=O)OCc2ccccc2)CC1)c1cc(CC2CC2)on1. The highest BCUT2D eigenvalue weighted by Crippen LogP contribution is 2.39. The van der Waals surface area contributed by atoms with Crippen LogP contribution in [0.3, 0.4) is 0 Å². The summed E-state index contributed by atoms with van der Waals surface area (Å²) < 4.78 is 39.6. The first-order valence-electron chi connectivity index (χ1n) is 14.6. The first kappa shape index (κ1) is 27.3. The summed E-state index contributed by atoms with van der Waals surface area (Å²) in [4.78, 5) is 26.9. The number of rotatable bonds is 9. The molecule has 3 saturated heterocycles. The largest absolute Gasteiger partial charge is 0.445 e. The number of carbonyl (C=O) groups excluding carboxylic acids is 2. The summed E-state index contributed by atoms with van der Waals surface area (Å²) in [6.07, 6.45) is 7.03. The van der Waals surface area contributed by atoms with Crippen LogP contribution in [0.4, 0.5) is 4.79 Å². The van der Waals surface area contributed by atoms with Crippen molar-refractivity contribution < 1.29 is 27.3 Å². The Morgan fingerprint density at radius 3 is 2.35 bits per heavy atom. The molecule has 2 bridgehead atoms. The number of fused-ring (bicyclic) bond motifs is 2. The summed E-state index contributed by atoms with van der Waals surface area (Å²) in [6, 6.07) is 11.0. The summed E-state index contributed by atoms with van der Waals surface area (Å²) in [6.45, 7) is 1.23. The lowest BCUT2D eigenvalue weighted by atomic mass is 9.99. The fourth-order valence-electron chi connectivity index (χ4n) is 6.56. The van der Waals surface area contributed by atoms with Crippen LogP contribution in [0.25, 0.3) is 0 Å². The van der Waals surface area contributed by atoms with Gasteiger partial charge in [-0.2, -0.15) is 4.31 Å². The average molecular weight is 571 g/mol. The van der Waals surface area contributed by atoms with Crippen molar-refractivity contribution in [1.82, 2.24) is 19.7 Å². The summed E-state index contributed by atoms with van der Waals surface area (Å²) in [5, 5.41) is 7.03. The molecule has 3 atom stereocenters. The van der Waals surface area contributed by atoms with E-state index in [4.69, 9.17) is 9.26 Å². The van der Waals surface area contributed by atoms with E-state index in [-0.39, 0.29) is 48.4 Å². The highest BCUT2D eigenvalue weighted by Gasteiger charge is 2.47. The number of nitrogens with one attached hydrogen (secondary N) is 1. The third-order valence-corrected chi connectivity index (χ3v) is 11.0. The molecule has 40 heavy (non-hydrogen) atoms. The predicted molar refractivity (Wildman–Crippen MR) is 147 cm³/mol. The molecular formula is C29H38N4O6S. The van der Waals surface area contributed by atoms with Crippen LogP contribution >= 0.6 is 0 Å². The van der Waals surface area contributed by atoms with Crippen LogP contribution in [0.1, 0.15) is 73.2 Å². The number of piperidine rings is 2. The zero-order chi connectivity index (χ0) is 27.7. The fraction of sp³-hybridized carbons (Fsp3) is 0.621. The Kier molecular flexibility index (Phi) is 7.85. The van der Waals surface area contributed by atoms with Gasteiger partial charge in [-0.1, -0.05) is 35.5 Å². The van der Waals surface area contributed by atoms with E-state index >= 15 is 0 Å². The maximum Gasteiger partial charge on any atom is 0.410 e. The predicted octanol–water partition coefficient (Wildman–Crippen LogP) is 3.73. The molecule has 10 nitrogen and oxygen atoms in total. The van der Waals surface area contributed by atoms with Crippen molar-refractivity contribution in [3.05, 3.63) is 53.4 Å². The summed E-state index contributed by atoms with van der Waals surface area (Å²) >= 11 is 0. The summed E-state index contributed by atoms with van der Waals surface area (Å²) in [5.41, 5.74) is 1.24. The Balaban J connectivity index is 0.970. The number of hydrogen-bond acceptors (Lipinski definition) is 7. The second-order valence-electron chi connectivity index (χ2n) is 11.9. The Hall–Kier alpha value is -2.92. The molecule has 1 aliphatic carbocycles. The number of hydrogen-bond donors (Lipinski definition) is 1. The zero-order valence-corrected chi connectivity index (χ0v) is 23.6. The van der Waals surface area contributed by atoms with Crippen LogP contribution in [0.2, 0.25) is 0 Å². The maximum atomic E-state index is 13.5. The molecular weight excluding hydrogens is 532 g/mol. The standard InChI is InChI=1S/C29H38N4O6S/c34-28(27-17-26(39-31-27)14-20-6-7-20)30-23-15-24-8-9-25(16-23)33(24)40(36,37)19-22-10-12-32(13-11-22)29(35)38-18-21-4-2-1-3-5-21/h1-5,17,20,22-25H,6-16,18-19H2,(H,30,34)/t23?,24-,25+. The molecule has 4 heterocycles. The number of benzene rings is 1. The van der Waals surface area contributed by atoms with Gasteiger partial charge in [-0.15, -0.1) is 0 Å². The highest BCUT2D eigenvalue weighted by molar-refractivity contribution is 7.89. The van der Waals surface area contributed by atoms with Gasteiger partial charge in [0.1, 0.15) is 12.4 Å². The number of aromatic nitrogens is 1. The molecule has 2 aromatic rings. The Morgan fingerprint density at radius 2 is 1.68 bits per heavy atom. The third kappa shape index (κ3) is 6.35. The molecule has 3 aliphatic heterocycles. The zero-order valence-electron chi connectivity index (χ0n) is 22.7. The van der Waals surface area contributed by atoms with Crippen molar-refractivity contribution in [3.63, 3.8) is 0 Å². The van der Waals surface area contributed by atoms with Gasteiger partial charge >= 0.3 is 6.09 Å². The lowest BCUT2D eigenvalue weighted by molar-refractivity contribution is 0.0838. The van der Waals surface area contributed by atoms with E-state index in [0.717, 1.165) is 30.6 Å². The molecule has 4 aliphatic rings. The van der Waals surface area contributed by atoms with E-state index in [1.807, 2.05) is 30.3 Å². The molecule has 1 aromatic carbocycles. The van der Waals surface area contributed by atoms with Crippen LogP contribution in [0.5, 0.6) is 0 Å². The van der Waals surface area contributed by atoms with Crippen molar-refractivity contribution in [2.24, 2.45) is 11.8 Å². The van der Waals surface area contributed by atoms with Gasteiger partial charge in [-0.05, 0) is 68.8 Å². The van der Waals surface area contributed by atoms with Gasteiger partial charge < -0.3 is 19.5 Å². The van der Waals surface area contributed by atoms with Crippen molar-refractivity contribution in [2.45, 2.75) is 82.5 Å². The smallest absolute Gasteiger partial charge is 0.410 e. The molecule has 1 aromatic heterocycles. The van der Waals surface area contributed by atoms with E-state index in [0.29, 0.717) is 50.4 Å². The summed E-state index contributed by atoms with van der Waals surface area (Å²) in [7, 11) is -3.45. The first-order chi connectivity index (χ1) is 19.3. The van der Waals surface area contributed by atoms with E-state index in [1.54, 1.807) is 15.3 Å². The normalized spacial score (nSPS) is 25.6. The van der Waals surface area contributed by atoms with E-state index in [9.17, 15) is 18.0 Å². The minimum absolute atomic E-state index is 0.0111. The number of nitrogens with zero attached hydrogens (tertiary/aromatic N) is 3. The van der Waals surface area contributed by atoms with Crippen LogP contribution < -0.4 is 5.32 Å². The lowest BCUT2D eigenvalue weighted by Crippen LogP contribution is -2.53. The fourth-order valence-corrected chi connectivity index (χ4v) is 8.96. The number of ether oxygens (including phenoxy) is 1. The Labute approximate surface area is 235 Å². The van der Waals surface area contributed by atoms with Crippen LogP contribution in [0, 0.1) is 11.8 Å². The second kappa shape index (κ2) is 11.5. The minimum Gasteiger partial charge on any atom is -0.445 e. The quantitative estimate of drug-likeness (QED) is 0.488. The van der Waals surface area contributed by atoms with Gasteiger partial charge in [0.25, 0.3) is 5.91 Å². The maximum absolute atomic E-state index is 13.5. The van der Waals surface area contributed by atoms with Gasteiger partial charge in [0.05, 0.1) is 5.75 Å². The Bertz CT molecular complexity index is 1290. The molecule has 11 heteroatoms. The van der Waals surface area contributed by atoms with Crippen LogP contribution in [-0.4, -0.2) is 71.7 Å². The van der Waals surface area contributed by atoms with Gasteiger partial charge in [-0.3, -0.25) is 4.79 Å². The number of sulfonamides is 1. The number of likely N-dealkylation sites (tertiary alicyclic amines) is 1. The van der Waals surface area contributed by atoms with Crippen LogP contribution in [-0.2, 0) is 27.8 Å². The molecule has 0 spiro atoms. The monoisotopic (exact) mass is 570 g/mol. The van der Waals surface area contributed by atoms with Crippen molar-refractivity contribution >= 4 is 22.0 Å². The first-order valence-corrected chi connectivity index (χ1v) is 16.2. The third-order valence-electron chi connectivity index (χ3n) is 8.83. The molecule has 2 amide bonds. The number of amides is 2. The van der Waals surface area contributed by atoms with Gasteiger partial charge in [0.15, 0.2) is 5.69 Å². The minimum atomic E-state index is -3.45. The van der Waals surface area contributed by atoms with E-state index in [2.05, 4.69) is 10.5 Å². The van der Waals surface area contributed by atoms with Gasteiger partial charge in [0.2, 0.25) is 10.0 Å². The van der Waals surface area contributed by atoms with Gasteiger partial charge in [0, 0.05) is 43.7 Å². The molecule has 0 radical (unpaired) electrons. The molecule has 4 fully saturated rings. The average Bonchev–Trinajstić information content (AvgIpc) is 3.55. The summed E-state index contributed by atoms with van der Waals surface area (Å²) in [5.74, 6) is 1.27. The molecule has 6 rings (SSSR count). The van der Waals surface area contributed by atoms with Crippen molar-refractivity contribution in [1.29, 1.82) is 0 Å². The molecule has 1 saturated carbocycles. The van der Waals surface area contributed by atoms with Gasteiger partial charge in [-0.25, -0.2) is 13.2 Å². The topological polar surface area (TPSA) is 122 Å². The van der Waals surface area contributed by atoms with Crippen LogP contribution in [0.15, 0.2) is 40.9 Å². The molecule has 1 unspecified atom stereocenters. The van der Waals surface area contributed by atoms with E-state index in [1.165, 1.54) is 12.8 Å². The highest BCUT2D eigenvalue weighted by atomic mass is 32.2. The molecule has 216 valence electrons. The molecule has 1 N–H and O–H groups in total. The van der Waals surface area contributed by atoms with Crippen molar-refractivity contribution in [3.8, 4) is 0 Å². The van der Waals surface area contributed by atoms with E-state index < -0.39 is 10.0 Å². The lowest BCUT2D eigenvalue weighted by Gasteiger charge is -2.39. The second-order valence-corrected chi connectivity index (χ2v) is 13.9.